The van der Waals surface area contributed by atoms with Gasteiger partial charge in [-0.2, -0.15) is 0 Å². The molecular weight excluding hydrogens is 867 g/mol. The van der Waals surface area contributed by atoms with Gasteiger partial charge in [0.1, 0.15) is 22.8 Å². The van der Waals surface area contributed by atoms with Crippen molar-refractivity contribution in [1.29, 1.82) is 0 Å². The van der Waals surface area contributed by atoms with Gasteiger partial charge < -0.3 is 39.1 Å². The lowest BCUT2D eigenvalue weighted by atomic mass is 9.77. The molecule has 3 aromatic heterocycles. The van der Waals surface area contributed by atoms with Gasteiger partial charge in [0.2, 0.25) is 5.91 Å². The van der Waals surface area contributed by atoms with Crippen LogP contribution in [0.5, 0.6) is 5.75 Å². The number of fused-ring (bicyclic) bond motifs is 9. The van der Waals surface area contributed by atoms with Crippen LogP contribution >= 0.6 is 0 Å². The number of anilines is 3. The Morgan fingerprint density at radius 1 is 0.522 bits per heavy atom. The third-order valence-corrected chi connectivity index (χ3v) is 14.4. The second-order valence-electron chi connectivity index (χ2n) is 17.9. The Morgan fingerprint density at radius 3 is 1.41 bits per heavy atom. The summed E-state index contributed by atoms with van der Waals surface area (Å²) in [6, 6.07) is 45.6. The molecule has 3 aliphatic heterocycles. The molecule has 13 heteroatoms. The van der Waals surface area contributed by atoms with E-state index in [2.05, 4.69) is 44.5 Å². The highest BCUT2D eigenvalue weighted by atomic mass is 16.5. The lowest BCUT2D eigenvalue weighted by Gasteiger charge is -2.37. The first kappa shape index (κ1) is 42.0. The number of nitrogens with zero attached hydrogens (tertiary/aromatic N) is 3. The number of hydrogen-bond donors (Lipinski definition) is 4. The number of methoxy groups -OCH3 is 2. The molecule has 69 heavy (non-hydrogen) atoms. The van der Waals surface area contributed by atoms with Crippen LogP contribution in [0.2, 0.25) is 0 Å². The standard InChI is InChI=1S/C56H47N7O6/c1-68-36-15-13-35(14-16-36)56(33-9-5-3-6-10-33,34-11-7-4-8-12-34)57-32-52(64)61-26-23-37-40-29-46(58-43(40)17-20-49(37)61)53(65)62-27-24-38-41-30-47(59-44(41)18-21-50(38)62)54(66)63-28-25-39-42-31-48(55(67)69-2)60-45(42)19-22-51(39)63/h3-22,29-31,57-60H,23-28,32H2,1-2H3. The van der Waals surface area contributed by atoms with Crippen LogP contribution in [0.4, 0.5) is 17.1 Å². The van der Waals surface area contributed by atoms with E-state index in [0.717, 1.165) is 88.9 Å². The molecule has 0 radical (unpaired) electrons. The molecule has 0 bridgehead atoms. The van der Waals surface area contributed by atoms with Crippen molar-refractivity contribution in [3.8, 4) is 5.75 Å². The highest BCUT2D eigenvalue weighted by Gasteiger charge is 2.38. The van der Waals surface area contributed by atoms with Crippen LogP contribution in [-0.2, 0) is 34.3 Å². The Hall–Kier alpha value is -8.42. The first-order valence-electron chi connectivity index (χ1n) is 23.2. The number of amides is 3. The summed E-state index contributed by atoms with van der Waals surface area (Å²) in [5, 5.41) is 6.49. The predicted octanol–water partition coefficient (Wildman–Crippen LogP) is 8.80. The van der Waals surface area contributed by atoms with Crippen LogP contribution in [0.3, 0.4) is 0 Å². The molecular formula is C56H47N7O6. The number of carbonyl (C=O) groups is 4. The number of hydrogen-bond acceptors (Lipinski definition) is 7. The van der Waals surface area contributed by atoms with E-state index in [-0.39, 0.29) is 24.3 Å². The molecule has 0 saturated heterocycles. The average Bonchev–Trinajstić information content (AvgIpc) is 4.26. The van der Waals surface area contributed by atoms with Crippen molar-refractivity contribution in [1.82, 2.24) is 20.3 Å². The Balaban J connectivity index is 0.789. The Morgan fingerprint density at radius 2 is 0.942 bits per heavy atom. The molecule has 342 valence electrons. The number of aromatic nitrogens is 3. The lowest BCUT2D eigenvalue weighted by Crippen LogP contribution is -2.49. The van der Waals surface area contributed by atoms with Crippen LogP contribution in [0.1, 0.15) is 64.8 Å². The molecule has 0 spiro atoms. The zero-order valence-electron chi connectivity index (χ0n) is 38.0. The van der Waals surface area contributed by atoms with E-state index < -0.39 is 11.5 Å². The van der Waals surface area contributed by atoms with Gasteiger partial charge in [-0.25, -0.2) is 4.79 Å². The quantitative estimate of drug-likeness (QED) is 0.0790. The minimum atomic E-state index is -0.842. The SMILES string of the molecule is COC(=O)c1cc2c3c(ccc2[nH]1)N(C(=O)c1cc2c4c(ccc2[nH]1)N(C(=O)c1cc2c5c(ccc2[nH]1)N(C(=O)CNC(c1ccccc1)(c1ccccc1)c1ccc(OC)cc1)CC5)CC4)CC3. The number of esters is 1. The highest BCUT2D eigenvalue weighted by Crippen LogP contribution is 2.41. The molecule has 9 aromatic rings. The minimum absolute atomic E-state index is 0.0572. The molecule has 0 unspecified atom stereocenters. The minimum Gasteiger partial charge on any atom is -0.497 e. The number of nitrogens with one attached hydrogen (secondary N) is 4. The van der Waals surface area contributed by atoms with E-state index in [9.17, 15) is 19.2 Å². The topological polar surface area (TPSA) is 156 Å². The first-order chi connectivity index (χ1) is 33.7. The summed E-state index contributed by atoms with van der Waals surface area (Å²) in [7, 11) is 3.00. The van der Waals surface area contributed by atoms with E-state index >= 15 is 0 Å². The molecule has 3 aliphatic rings. The van der Waals surface area contributed by atoms with Crippen molar-refractivity contribution in [2.24, 2.45) is 0 Å². The van der Waals surface area contributed by atoms with Gasteiger partial charge in [-0.1, -0.05) is 72.8 Å². The number of carbonyl (C=O) groups excluding carboxylic acids is 4. The van der Waals surface area contributed by atoms with E-state index in [1.54, 1.807) is 18.1 Å². The van der Waals surface area contributed by atoms with E-state index in [1.165, 1.54) is 7.11 Å². The van der Waals surface area contributed by atoms with Crippen LogP contribution in [0.25, 0.3) is 32.7 Å². The molecule has 3 amide bonds. The van der Waals surface area contributed by atoms with Crippen LogP contribution in [-0.4, -0.2) is 79.0 Å². The van der Waals surface area contributed by atoms with Crippen LogP contribution in [0, 0.1) is 0 Å². The van der Waals surface area contributed by atoms with Gasteiger partial charge in [-0.3, -0.25) is 19.7 Å². The third-order valence-electron chi connectivity index (χ3n) is 14.4. The molecule has 0 atom stereocenters. The van der Waals surface area contributed by atoms with E-state index in [1.807, 2.05) is 119 Å². The van der Waals surface area contributed by atoms with Crippen molar-refractivity contribution < 1.29 is 28.7 Å². The Bertz CT molecular complexity index is 3500. The second-order valence-corrected chi connectivity index (χ2v) is 17.9. The normalized spacial score (nSPS) is 14.1. The van der Waals surface area contributed by atoms with Crippen molar-refractivity contribution in [3.05, 3.63) is 190 Å². The van der Waals surface area contributed by atoms with Gasteiger partial charge in [-0.15, -0.1) is 0 Å². The monoisotopic (exact) mass is 913 g/mol. The van der Waals surface area contributed by atoms with Gasteiger partial charge in [0.05, 0.1) is 26.3 Å². The summed E-state index contributed by atoms with van der Waals surface area (Å²) in [4.78, 5) is 70.6. The second kappa shape index (κ2) is 16.4. The van der Waals surface area contributed by atoms with Gasteiger partial charge in [0.15, 0.2) is 0 Å². The maximum absolute atomic E-state index is 14.4. The summed E-state index contributed by atoms with van der Waals surface area (Å²) >= 11 is 0. The maximum Gasteiger partial charge on any atom is 0.354 e. The van der Waals surface area contributed by atoms with Crippen molar-refractivity contribution >= 4 is 73.5 Å². The molecule has 6 heterocycles. The first-order valence-corrected chi connectivity index (χ1v) is 23.2. The third kappa shape index (κ3) is 6.71. The fourth-order valence-electron chi connectivity index (χ4n) is 11.1. The van der Waals surface area contributed by atoms with Gasteiger partial charge >= 0.3 is 5.97 Å². The predicted molar refractivity (Wildman–Crippen MR) is 267 cm³/mol. The maximum atomic E-state index is 14.4. The average molecular weight is 914 g/mol. The number of aromatic amines is 3. The van der Waals surface area contributed by atoms with Gasteiger partial charge in [-0.05, 0) is 119 Å². The number of H-pyrrole nitrogens is 3. The molecule has 13 nitrogen and oxygen atoms in total. The van der Waals surface area contributed by atoms with Crippen molar-refractivity contribution in [3.63, 3.8) is 0 Å². The van der Waals surface area contributed by atoms with Gasteiger partial charge in [0.25, 0.3) is 11.8 Å². The lowest BCUT2D eigenvalue weighted by molar-refractivity contribution is -0.117. The number of benzene rings is 6. The molecule has 0 aliphatic carbocycles. The zero-order chi connectivity index (χ0) is 47.0. The molecule has 0 saturated carbocycles. The van der Waals surface area contributed by atoms with Crippen molar-refractivity contribution in [2.45, 2.75) is 24.8 Å². The number of ether oxygens (including phenoxy) is 2. The van der Waals surface area contributed by atoms with Crippen LogP contribution < -0.4 is 24.8 Å². The summed E-state index contributed by atoms with van der Waals surface area (Å²) in [6.07, 6.45) is 1.95. The van der Waals surface area contributed by atoms with E-state index in [0.29, 0.717) is 56.0 Å². The highest BCUT2D eigenvalue weighted by molar-refractivity contribution is 6.14. The smallest absolute Gasteiger partial charge is 0.354 e. The van der Waals surface area contributed by atoms with Crippen LogP contribution in [0.15, 0.2) is 140 Å². The molecule has 12 rings (SSSR count). The summed E-state index contributed by atoms with van der Waals surface area (Å²) < 4.78 is 10.4. The summed E-state index contributed by atoms with van der Waals surface area (Å²) in [5.74, 6) is -0.0358. The fourth-order valence-corrected chi connectivity index (χ4v) is 11.1. The fraction of sp³-hybridized carbons (Fsp3) is 0.179. The molecule has 4 N–H and O–H groups in total. The zero-order valence-corrected chi connectivity index (χ0v) is 38.0. The van der Waals surface area contributed by atoms with Gasteiger partial charge in [0, 0.05) is 69.4 Å². The molecule has 0 fully saturated rings. The van der Waals surface area contributed by atoms with Crippen molar-refractivity contribution in [2.75, 3.05) is 55.1 Å². The summed E-state index contributed by atoms with van der Waals surface area (Å²) in [5.41, 5.74) is 11.5. The molecule has 6 aromatic carbocycles. The Labute approximate surface area is 396 Å². The van der Waals surface area contributed by atoms with E-state index in [4.69, 9.17) is 9.47 Å². The number of rotatable bonds is 10. The Kier molecular flexibility index (Phi) is 9.99. The summed E-state index contributed by atoms with van der Waals surface area (Å²) in [6.45, 7) is 1.59. The largest absolute Gasteiger partial charge is 0.497 e.